The summed E-state index contributed by atoms with van der Waals surface area (Å²) in [5.74, 6) is -2.72. The van der Waals surface area contributed by atoms with Crippen LogP contribution in [0.1, 0.15) is 56.1 Å². The minimum atomic E-state index is -1.41. The Morgan fingerprint density at radius 1 is 1.11 bits per heavy atom. The van der Waals surface area contributed by atoms with Crippen molar-refractivity contribution in [1.29, 1.82) is 0 Å². The van der Waals surface area contributed by atoms with Gasteiger partial charge in [0, 0.05) is 25.7 Å². The summed E-state index contributed by atoms with van der Waals surface area (Å²) in [5, 5.41) is 2.91. The maximum Gasteiger partial charge on any atom is 0.250 e. The number of rotatable bonds is 8. The second-order valence-corrected chi connectivity index (χ2v) is 9.49. The molecule has 2 aliphatic heterocycles. The van der Waals surface area contributed by atoms with E-state index in [2.05, 4.69) is 15.2 Å². The van der Waals surface area contributed by atoms with E-state index < -0.39 is 29.0 Å². The number of amides is 2. The van der Waals surface area contributed by atoms with Gasteiger partial charge in [0.1, 0.15) is 5.54 Å². The third kappa shape index (κ3) is 5.50. The summed E-state index contributed by atoms with van der Waals surface area (Å²) >= 11 is 0. The molecule has 0 saturated carbocycles. The number of halogens is 3. The molecule has 1 N–H and O–H groups in total. The van der Waals surface area contributed by atoms with Crippen LogP contribution in [0.15, 0.2) is 36.5 Å². The van der Waals surface area contributed by atoms with Crippen LogP contribution in [0.2, 0.25) is 0 Å². The van der Waals surface area contributed by atoms with Crippen LogP contribution < -0.4 is 5.32 Å². The molecule has 0 aliphatic carbocycles. The molecule has 1 unspecified atom stereocenters. The van der Waals surface area contributed by atoms with Crippen molar-refractivity contribution in [3.63, 3.8) is 0 Å². The van der Waals surface area contributed by atoms with E-state index in [1.165, 1.54) is 17.0 Å². The van der Waals surface area contributed by atoms with Crippen LogP contribution in [-0.4, -0.2) is 59.3 Å². The van der Waals surface area contributed by atoms with E-state index in [1.807, 2.05) is 0 Å². The summed E-state index contributed by atoms with van der Waals surface area (Å²) < 4.78 is 40.6. The Balaban J connectivity index is 1.31. The summed E-state index contributed by atoms with van der Waals surface area (Å²) in [6, 6.07) is 6.55. The summed E-state index contributed by atoms with van der Waals surface area (Å²) in [7, 11) is 0. The van der Waals surface area contributed by atoms with Crippen molar-refractivity contribution in [2.75, 3.05) is 32.7 Å². The molecule has 35 heavy (non-hydrogen) atoms. The lowest BCUT2D eigenvalue weighted by molar-refractivity contribution is -0.144. The number of piperidine rings is 1. The number of benzene rings is 1. The molecule has 0 bridgehead atoms. The Kier molecular flexibility index (Phi) is 7.74. The largest absolute Gasteiger partial charge is 0.354 e. The quantitative estimate of drug-likeness (QED) is 0.455. The third-order valence-electron chi connectivity index (χ3n) is 7.28. The normalized spacial score (nSPS) is 19.1. The molecule has 188 valence electrons. The Morgan fingerprint density at radius 3 is 2.51 bits per heavy atom. The molecule has 2 fully saturated rings. The molecular weight excluding hydrogens is 457 g/mol. The first-order valence-electron chi connectivity index (χ1n) is 12.2. The number of carbonyl (C=O) groups is 2. The molecule has 1 aromatic heterocycles. The first-order valence-corrected chi connectivity index (χ1v) is 12.2. The molecule has 6 nitrogen and oxygen atoms in total. The zero-order valence-electron chi connectivity index (χ0n) is 19.9. The first-order chi connectivity index (χ1) is 16.8. The van der Waals surface area contributed by atoms with E-state index >= 15 is 0 Å². The highest BCUT2D eigenvalue weighted by molar-refractivity contribution is 5.93. The number of nitrogens with one attached hydrogen (secondary N) is 1. The minimum absolute atomic E-state index is 0.174. The Bertz CT molecular complexity index is 1060. The lowest BCUT2D eigenvalue weighted by atomic mass is 9.88. The van der Waals surface area contributed by atoms with Gasteiger partial charge < -0.3 is 15.1 Å². The average molecular weight is 489 g/mol. The van der Waals surface area contributed by atoms with E-state index in [4.69, 9.17) is 0 Å². The smallest absolute Gasteiger partial charge is 0.250 e. The summed E-state index contributed by atoms with van der Waals surface area (Å²) in [6.07, 6.45) is 5.21. The second kappa shape index (κ2) is 10.8. The van der Waals surface area contributed by atoms with Crippen LogP contribution in [0.4, 0.5) is 13.2 Å². The van der Waals surface area contributed by atoms with Gasteiger partial charge >= 0.3 is 0 Å². The van der Waals surface area contributed by atoms with Crippen molar-refractivity contribution in [2.24, 2.45) is 0 Å². The molecule has 0 radical (unpaired) electrons. The summed E-state index contributed by atoms with van der Waals surface area (Å²) in [6.45, 7) is 5.00. The molecule has 9 heteroatoms. The topological polar surface area (TPSA) is 65.5 Å². The van der Waals surface area contributed by atoms with E-state index in [1.54, 1.807) is 19.2 Å². The highest BCUT2D eigenvalue weighted by Crippen LogP contribution is 2.33. The maximum atomic E-state index is 14.0. The number of aromatic nitrogens is 1. The fourth-order valence-corrected chi connectivity index (χ4v) is 5.12. The fraction of sp³-hybridized carbons (Fsp3) is 0.500. The molecule has 1 atom stereocenters. The molecule has 3 heterocycles. The SMILES string of the molecule is CC(C(=O)NCCCN1CCC(c2ccc(F)nc2)CC1)(c1ccc(F)c(F)c1)N1CCCC1=O. The molecular formula is C26H31F3N4O2. The van der Waals surface area contributed by atoms with E-state index in [0.29, 0.717) is 31.8 Å². The predicted molar refractivity (Wildman–Crippen MR) is 125 cm³/mol. The van der Waals surface area contributed by atoms with Gasteiger partial charge in [-0.3, -0.25) is 9.59 Å². The molecule has 1 aromatic carbocycles. The first kappa shape index (κ1) is 25.2. The van der Waals surface area contributed by atoms with E-state index in [0.717, 1.165) is 56.6 Å². The van der Waals surface area contributed by atoms with Crippen LogP contribution in [-0.2, 0) is 15.1 Å². The van der Waals surface area contributed by atoms with E-state index in [-0.39, 0.29) is 11.5 Å². The van der Waals surface area contributed by atoms with Gasteiger partial charge in [-0.2, -0.15) is 4.39 Å². The number of nitrogens with zero attached hydrogens (tertiary/aromatic N) is 3. The standard InChI is InChI=1S/C26H31F3N4O2/c1-26(33-13-2-4-24(33)34,20-6-7-21(27)22(28)16-20)25(35)30-11-3-12-32-14-9-18(10-15-32)19-5-8-23(29)31-17-19/h5-8,16-18H,2-4,9-15H2,1H3,(H,30,35). The van der Waals surface area contributed by atoms with Gasteiger partial charge in [0.15, 0.2) is 11.6 Å². The highest BCUT2D eigenvalue weighted by Gasteiger charge is 2.45. The Hall–Kier alpha value is -2.94. The molecule has 0 spiro atoms. The van der Waals surface area contributed by atoms with Crippen molar-refractivity contribution in [3.8, 4) is 0 Å². The monoisotopic (exact) mass is 488 g/mol. The van der Waals surface area contributed by atoms with Gasteiger partial charge in [-0.05, 0) is 87.5 Å². The fourth-order valence-electron chi connectivity index (χ4n) is 5.12. The van der Waals surface area contributed by atoms with Crippen LogP contribution in [0.3, 0.4) is 0 Å². The Labute approximate surface area is 203 Å². The average Bonchev–Trinajstić information content (AvgIpc) is 3.30. The number of hydrogen-bond donors (Lipinski definition) is 1. The van der Waals surface area contributed by atoms with Gasteiger partial charge in [0.25, 0.3) is 0 Å². The van der Waals surface area contributed by atoms with Crippen molar-refractivity contribution in [2.45, 2.75) is 50.5 Å². The number of pyridine rings is 1. The van der Waals surface area contributed by atoms with Crippen molar-refractivity contribution < 1.29 is 22.8 Å². The van der Waals surface area contributed by atoms with Crippen molar-refractivity contribution in [3.05, 3.63) is 65.2 Å². The second-order valence-electron chi connectivity index (χ2n) is 9.49. The van der Waals surface area contributed by atoms with Crippen LogP contribution in [0.25, 0.3) is 0 Å². The zero-order chi connectivity index (χ0) is 25.0. The van der Waals surface area contributed by atoms with Crippen molar-refractivity contribution in [1.82, 2.24) is 20.1 Å². The lowest BCUT2D eigenvalue weighted by Crippen LogP contribution is -2.55. The van der Waals surface area contributed by atoms with Gasteiger partial charge in [-0.25, -0.2) is 13.8 Å². The van der Waals surface area contributed by atoms with Gasteiger partial charge in [0.2, 0.25) is 17.8 Å². The predicted octanol–water partition coefficient (Wildman–Crippen LogP) is 3.72. The molecule has 2 aromatic rings. The number of likely N-dealkylation sites (tertiary alicyclic amines) is 2. The molecule has 2 aliphatic rings. The van der Waals surface area contributed by atoms with Gasteiger partial charge in [0.05, 0.1) is 0 Å². The number of hydrogen-bond acceptors (Lipinski definition) is 4. The summed E-state index contributed by atoms with van der Waals surface area (Å²) in [5.41, 5.74) is -0.100. The van der Waals surface area contributed by atoms with Gasteiger partial charge in [-0.1, -0.05) is 12.1 Å². The van der Waals surface area contributed by atoms with Crippen molar-refractivity contribution >= 4 is 11.8 Å². The molecule has 4 rings (SSSR count). The third-order valence-corrected chi connectivity index (χ3v) is 7.28. The van der Waals surface area contributed by atoms with Crippen LogP contribution in [0, 0.1) is 17.6 Å². The van der Waals surface area contributed by atoms with E-state index in [9.17, 15) is 22.8 Å². The summed E-state index contributed by atoms with van der Waals surface area (Å²) in [4.78, 5) is 33.3. The maximum absolute atomic E-state index is 14.0. The van der Waals surface area contributed by atoms with Crippen LogP contribution >= 0.6 is 0 Å². The van der Waals surface area contributed by atoms with Crippen LogP contribution in [0.5, 0.6) is 0 Å². The molecule has 2 amide bonds. The number of carbonyl (C=O) groups excluding carboxylic acids is 2. The minimum Gasteiger partial charge on any atom is -0.354 e. The molecule has 2 saturated heterocycles. The highest BCUT2D eigenvalue weighted by atomic mass is 19.2. The lowest BCUT2D eigenvalue weighted by Gasteiger charge is -2.38. The zero-order valence-corrected chi connectivity index (χ0v) is 19.9. The Morgan fingerprint density at radius 2 is 1.89 bits per heavy atom. The van der Waals surface area contributed by atoms with Gasteiger partial charge in [-0.15, -0.1) is 0 Å².